The van der Waals surface area contributed by atoms with E-state index in [0.717, 1.165) is 50.5 Å². The molecule has 1 aliphatic rings. The summed E-state index contributed by atoms with van der Waals surface area (Å²) >= 11 is 0. The van der Waals surface area contributed by atoms with E-state index in [1.54, 1.807) is 0 Å². The summed E-state index contributed by atoms with van der Waals surface area (Å²) in [6.45, 7) is 10.6. The number of pyridine rings is 1. The highest BCUT2D eigenvalue weighted by molar-refractivity contribution is 5.42. The van der Waals surface area contributed by atoms with Gasteiger partial charge < -0.3 is 15.0 Å². The summed E-state index contributed by atoms with van der Waals surface area (Å²) in [5.74, 6) is 1.79. The smallest absolute Gasteiger partial charge is 0.128 e. The quantitative estimate of drug-likeness (QED) is 0.874. The highest BCUT2D eigenvalue weighted by Crippen LogP contribution is 2.20. The molecule has 0 atom stereocenters. The average Bonchev–Trinajstić information content (AvgIpc) is 2.48. The predicted octanol–water partition coefficient (Wildman–Crippen LogP) is 2.75. The lowest BCUT2D eigenvalue weighted by atomic mass is 10.1. The Kier molecular flexibility index (Phi) is 6.00. The van der Waals surface area contributed by atoms with Gasteiger partial charge in [-0.2, -0.15) is 0 Å². The summed E-state index contributed by atoms with van der Waals surface area (Å²) in [5.41, 5.74) is 2.43. The molecule has 0 aromatic carbocycles. The van der Waals surface area contributed by atoms with E-state index in [9.17, 15) is 0 Å². The molecule has 2 rings (SSSR count). The topological polar surface area (TPSA) is 37.4 Å². The lowest BCUT2D eigenvalue weighted by molar-refractivity contribution is 0.0818. The second-order valence-corrected chi connectivity index (χ2v) is 6.36. The van der Waals surface area contributed by atoms with Crippen LogP contribution in [0.2, 0.25) is 0 Å². The van der Waals surface area contributed by atoms with Gasteiger partial charge in [0, 0.05) is 32.4 Å². The Balaban J connectivity index is 1.92. The molecule has 1 fully saturated rings. The van der Waals surface area contributed by atoms with Crippen LogP contribution in [-0.4, -0.2) is 37.8 Å². The van der Waals surface area contributed by atoms with Crippen molar-refractivity contribution in [3.8, 4) is 0 Å². The third-order valence-electron chi connectivity index (χ3n) is 4.15. The van der Waals surface area contributed by atoms with Gasteiger partial charge in [-0.15, -0.1) is 0 Å². The number of nitrogens with one attached hydrogen (secondary N) is 1. The Morgan fingerprint density at radius 3 is 2.62 bits per heavy atom. The van der Waals surface area contributed by atoms with Gasteiger partial charge in [0.1, 0.15) is 5.82 Å². The zero-order valence-corrected chi connectivity index (χ0v) is 13.9. The van der Waals surface area contributed by atoms with Gasteiger partial charge in [0.15, 0.2) is 0 Å². The zero-order valence-electron chi connectivity index (χ0n) is 13.9. The van der Waals surface area contributed by atoms with Crippen LogP contribution in [0.4, 0.5) is 5.82 Å². The lowest BCUT2D eigenvalue weighted by Gasteiger charge is -2.32. The molecule has 0 unspecified atom stereocenters. The third kappa shape index (κ3) is 4.68. The van der Waals surface area contributed by atoms with E-state index in [1.165, 1.54) is 5.56 Å². The first kappa shape index (κ1) is 16.2. The van der Waals surface area contributed by atoms with Crippen molar-refractivity contribution < 1.29 is 4.74 Å². The summed E-state index contributed by atoms with van der Waals surface area (Å²) < 4.78 is 5.43. The van der Waals surface area contributed by atoms with Gasteiger partial charge in [-0.05, 0) is 43.9 Å². The van der Waals surface area contributed by atoms with Gasteiger partial charge in [-0.3, -0.25) is 0 Å². The Hall–Kier alpha value is -1.13. The molecule has 1 aromatic heterocycles. The molecule has 21 heavy (non-hydrogen) atoms. The lowest BCUT2D eigenvalue weighted by Crippen LogP contribution is -2.37. The van der Waals surface area contributed by atoms with Crippen molar-refractivity contribution in [3.05, 3.63) is 23.4 Å². The number of aryl methyl sites for hydroxylation is 1. The summed E-state index contributed by atoms with van der Waals surface area (Å²) in [6.07, 6.45) is 2.60. The van der Waals surface area contributed by atoms with Crippen LogP contribution in [-0.2, 0) is 11.3 Å². The van der Waals surface area contributed by atoms with Crippen molar-refractivity contribution >= 4 is 5.82 Å². The SMILES string of the molecule is COC1CCN(c2ccc(CNCC(C)C)c(C)n2)CC1. The zero-order chi connectivity index (χ0) is 15.2. The minimum absolute atomic E-state index is 0.418. The fraction of sp³-hybridized carbons (Fsp3) is 0.706. The summed E-state index contributed by atoms with van der Waals surface area (Å²) in [5, 5.41) is 3.48. The molecule has 1 aliphatic heterocycles. The van der Waals surface area contributed by atoms with Gasteiger partial charge in [0.25, 0.3) is 0 Å². The summed E-state index contributed by atoms with van der Waals surface area (Å²) in [7, 11) is 1.81. The Bertz CT molecular complexity index is 440. The van der Waals surface area contributed by atoms with Crippen molar-refractivity contribution in [2.45, 2.75) is 46.3 Å². The molecule has 0 spiro atoms. The first-order valence-corrected chi connectivity index (χ1v) is 8.05. The third-order valence-corrected chi connectivity index (χ3v) is 4.15. The molecule has 4 heteroatoms. The average molecular weight is 291 g/mol. The van der Waals surface area contributed by atoms with Gasteiger partial charge in [-0.25, -0.2) is 4.98 Å². The van der Waals surface area contributed by atoms with Crippen LogP contribution in [0.15, 0.2) is 12.1 Å². The van der Waals surface area contributed by atoms with Crippen LogP contribution in [0.25, 0.3) is 0 Å². The number of hydrogen-bond acceptors (Lipinski definition) is 4. The van der Waals surface area contributed by atoms with E-state index in [-0.39, 0.29) is 0 Å². The number of hydrogen-bond donors (Lipinski definition) is 1. The second kappa shape index (κ2) is 7.76. The number of piperidine rings is 1. The molecular weight excluding hydrogens is 262 g/mol. The van der Waals surface area contributed by atoms with Crippen LogP contribution in [0.3, 0.4) is 0 Å². The molecule has 0 saturated carbocycles. The Labute approximate surface area is 128 Å². The van der Waals surface area contributed by atoms with E-state index in [0.29, 0.717) is 12.0 Å². The fourth-order valence-electron chi connectivity index (χ4n) is 2.76. The standard InChI is InChI=1S/C17H29N3O/c1-13(2)11-18-12-15-5-6-17(19-14(15)3)20-9-7-16(21-4)8-10-20/h5-6,13,16,18H,7-12H2,1-4H3. The molecule has 1 aromatic rings. The maximum absolute atomic E-state index is 5.43. The number of aromatic nitrogens is 1. The van der Waals surface area contributed by atoms with E-state index < -0.39 is 0 Å². The molecule has 118 valence electrons. The van der Waals surface area contributed by atoms with Gasteiger partial charge >= 0.3 is 0 Å². The number of rotatable bonds is 6. The Morgan fingerprint density at radius 1 is 1.33 bits per heavy atom. The van der Waals surface area contributed by atoms with Crippen LogP contribution < -0.4 is 10.2 Å². The van der Waals surface area contributed by atoms with Crippen molar-refractivity contribution in [1.82, 2.24) is 10.3 Å². The molecule has 4 nitrogen and oxygen atoms in total. The monoisotopic (exact) mass is 291 g/mol. The highest BCUT2D eigenvalue weighted by atomic mass is 16.5. The van der Waals surface area contributed by atoms with Crippen molar-refractivity contribution in [2.24, 2.45) is 5.92 Å². The largest absolute Gasteiger partial charge is 0.381 e. The Morgan fingerprint density at radius 2 is 2.05 bits per heavy atom. The van der Waals surface area contributed by atoms with Crippen LogP contribution in [0.5, 0.6) is 0 Å². The minimum Gasteiger partial charge on any atom is -0.381 e. The maximum atomic E-state index is 5.43. The maximum Gasteiger partial charge on any atom is 0.128 e. The number of anilines is 1. The molecule has 0 amide bonds. The van der Waals surface area contributed by atoms with E-state index >= 15 is 0 Å². The molecule has 1 saturated heterocycles. The number of nitrogens with zero attached hydrogens (tertiary/aromatic N) is 2. The van der Waals surface area contributed by atoms with Crippen molar-refractivity contribution in [1.29, 1.82) is 0 Å². The summed E-state index contributed by atoms with van der Waals surface area (Å²) in [6, 6.07) is 4.37. The van der Waals surface area contributed by atoms with Crippen molar-refractivity contribution in [3.63, 3.8) is 0 Å². The van der Waals surface area contributed by atoms with Gasteiger partial charge in [-0.1, -0.05) is 19.9 Å². The number of methoxy groups -OCH3 is 1. The highest BCUT2D eigenvalue weighted by Gasteiger charge is 2.19. The van der Waals surface area contributed by atoms with Crippen LogP contribution >= 0.6 is 0 Å². The summed E-state index contributed by atoms with van der Waals surface area (Å²) in [4.78, 5) is 7.16. The second-order valence-electron chi connectivity index (χ2n) is 6.36. The molecule has 0 bridgehead atoms. The molecule has 0 aliphatic carbocycles. The molecule has 2 heterocycles. The van der Waals surface area contributed by atoms with E-state index in [2.05, 4.69) is 43.1 Å². The van der Waals surface area contributed by atoms with Crippen LogP contribution in [0.1, 0.15) is 37.9 Å². The molecular formula is C17H29N3O. The van der Waals surface area contributed by atoms with E-state index in [1.807, 2.05) is 7.11 Å². The normalized spacial score (nSPS) is 16.7. The molecule has 0 radical (unpaired) electrons. The van der Waals surface area contributed by atoms with E-state index in [4.69, 9.17) is 9.72 Å². The van der Waals surface area contributed by atoms with Crippen LogP contribution in [0, 0.1) is 12.8 Å². The first-order chi connectivity index (χ1) is 10.1. The fourth-order valence-corrected chi connectivity index (χ4v) is 2.76. The molecule has 1 N–H and O–H groups in total. The number of ether oxygens (including phenoxy) is 1. The first-order valence-electron chi connectivity index (χ1n) is 8.05. The minimum atomic E-state index is 0.418. The van der Waals surface area contributed by atoms with Gasteiger partial charge in [0.2, 0.25) is 0 Å². The van der Waals surface area contributed by atoms with Crippen molar-refractivity contribution in [2.75, 3.05) is 31.6 Å². The van der Waals surface area contributed by atoms with Gasteiger partial charge in [0.05, 0.1) is 6.10 Å². The predicted molar refractivity (Wildman–Crippen MR) is 87.8 cm³/mol.